The highest BCUT2D eigenvalue weighted by molar-refractivity contribution is 5.79. The number of rotatable bonds is 2. The summed E-state index contributed by atoms with van der Waals surface area (Å²) in [5, 5.41) is 3.28. The normalized spacial score (nSPS) is 24.5. The van der Waals surface area contributed by atoms with Crippen LogP contribution in [0.4, 0.5) is 0 Å². The first-order valence-corrected chi connectivity index (χ1v) is 7.62. The van der Waals surface area contributed by atoms with E-state index in [9.17, 15) is 4.79 Å². The first-order valence-electron chi connectivity index (χ1n) is 7.62. The van der Waals surface area contributed by atoms with Crippen molar-refractivity contribution in [3.63, 3.8) is 0 Å². The third-order valence-corrected chi connectivity index (χ3v) is 4.54. The van der Waals surface area contributed by atoms with Gasteiger partial charge in [-0.25, -0.2) is 4.98 Å². The molecule has 1 unspecified atom stereocenters. The molecule has 4 heteroatoms. The standard InChI is InChI=1S/C15H23N3O/c19-15(17-13-5-3-1-2-4-6-13)12-7-8-18-11-16-10-14(18)9-12/h10-13H,1-9H2,(H,17,19). The highest BCUT2D eigenvalue weighted by atomic mass is 16.1. The molecule has 1 aliphatic carbocycles. The van der Waals surface area contributed by atoms with Crippen molar-refractivity contribution in [2.75, 3.05) is 0 Å². The molecule has 1 N–H and O–H groups in total. The van der Waals surface area contributed by atoms with Crippen molar-refractivity contribution in [2.24, 2.45) is 5.92 Å². The van der Waals surface area contributed by atoms with Gasteiger partial charge in [0, 0.05) is 36.8 Å². The van der Waals surface area contributed by atoms with Crippen LogP contribution in [0.15, 0.2) is 12.5 Å². The molecular formula is C15H23N3O. The minimum absolute atomic E-state index is 0.146. The van der Waals surface area contributed by atoms with Crippen molar-refractivity contribution >= 4 is 5.91 Å². The summed E-state index contributed by atoms with van der Waals surface area (Å²) in [6.45, 7) is 0.929. The van der Waals surface area contributed by atoms with Gasteiger partial charge in [0.2, 0.25) is 5.91 Å². The Balaban J connectivity index is 1.56. The molecule has 1 aliphatic heterocycles. The number of nitrogens with one attached hydrogen (secondary N) is 1. The van der Waals surface area contributed by atoms with Gasteiger partial charge in [0.15, 0.2) is 0 Å². The summed E-state index contributed by atoms with van der Waals surface area (Å²) in [5.41, 5.74) is 1.20. The highest BCUT2D eigenvalue weighted by Gasteiger charge is 2.26. The molecule has 1 saturated carbocycles. The Hall–Kier alpha value is -1.32. The van der Waals surface area contributed by atoms with Gasteiger partial charge < -0.3 is 9.88 Å². The smallest absolute Gasteiger partial charge is 0.223 e. The largest absolute Gasteiger partial charge is 0.353 e. The third kappa shape index (κ3) is 2.99. The zero-order valence-corrected chi connectivity index (χ0v) is 11.5. The van der Waals surface area contributed by atoms with E-state index >= 15 is 0 Å². The SMILES string of the molecule is O=C(NC1CCCCCC1)C1CCn2cncc2C1. The fraction of sp³-hybridized carbons (Fsp3) is 0.733. The Kier molecular flexibility index (Phi) is 3.85. The van der Waals surface area contributed by atoms with Gasteiger partial charge in [-0.15, -0.1) is 0 Å². The number of carbonyl (C=O) groups excluding carboxylic acids is 1. The van der Waals surface area contributed by atoms with Crippen LogP contribution in [-0.4, -0.2) is 21.5 Å². The lowest BCUT2D eigenvalue weighted by Gasteiger charge is -2.25. The van der Waals surface area contributed by atoms with Crippen molar-refractivity contribution in [1.29, 1.82) is 0 Å². The number of nitrogens with zero attached hydrogens (tertiary/aromatic N) is 2. The summed E-state index contributed by atoms with van der Waals surface area (Å²) in [6.07, 6.45) is 13.1. The lowest BCUT2D eigenvalue weighted by molar-refractivity contribution is -0.126. The second-order valence-electron chi connectivity index (χ2n) is 5.97. The maximum Gasteiger partial charge on any atom is 0.223 e. The number of hydrogen-bond donors (Lipinski definition) is 1. The molecule has 104 valence electrons. The summed E-state index contributed by atoms with van der Waals surface area (Å²) in [5.74, 6) is 0.409. The van der Waals surface area contributed by atoms with Crippen LogP contribution in [0, 0.1) is 5.92 Å². The van der Waals surface area contributed by atoms with Gasteiger partial charge in [-0.1, -0.05) is 25.7 Å². The van der Waals surface area contributed by atoms with E-state index < -0.39 is 0 Å². The first-order chi connectivity index (χ1) is 9.33. The van der Waals surface area contributed by atoms with E-state index in [1.165, 1.54) is 31.4 Å². The number of aryl methyl sites for hydroxylation is 1. The maximum atomic E-state index is 12.4. The van der Waals surface area contributed by atoms with Crippen molar-refractivity contribution in [1.82, 2.24) is 14.9 Å². The second-order valence-corrected chi connectivity index (χ2v) is 5.97. The zero-order chi connectivity index (χ0) is 13.1. The fourth-order valence-electron chi connectivity index (χ4n) is 3.34. The maximum absolute atomic E-state index is 12.4. The fourth-order valence-corrected chi connectivity index (χ4v) is 3.34. The lowest BCUT2D eigenvalue weighted by atomic mass is 9.94. The molecule has 0 spiro atoms. The average Bonchev–Trinajstić information content (AvgIpc) is 2.75. The van der Waals surface area contributed by atoms with Gasteiger partial charge >= 0.3 is 0 Å². The molecule has 1 aromatic rings. The molecule has 19 heavy (non-hydrogen) atoms. The molecule has 3 rings (SSSR count). The van der Waals surface area contributed by atoms with Crippen LogP contribution in [-0.2, 0) is 17.8 Å². The molecule has 4 nitrogen and oxygen atoms in total. The predicted molar refractivity (Wildman–Crippen MR) is 73.7 cm³/mol. The van der Waals surface area contributed by atoms with E-state index in [-0.39, 0.29) is 11.8 Å². The first kappa shape index (κ1) is 12.7. The van der Waals surface area contributed by atoms with Crippen LogP contribution >= 0.6 is 0 Å². The predicted octanol–water partition coefficient (Wildman–Crippen LogP) is 2.28. The number of carbonyl (C=O) groups is 1. The number of aromatic nitrogens is 2. The van der Waals surface area contributed by atoms with Gasteiger partial charge in [0.25, 0.3) is 0 Å². The molecule has 0 saturated heterocycles. The molecule has 1 amide bonds. The van der Waals surface area contributed by atoms with Crippen molar-refractivity contribution < 1.29 is 4.79 Å². The molecule has 2 heterocycles. The number of fused-ring (bicyclic) bond motifs is 1. The lowest BCUT2D eigenvalue weighted by Crippen LogP contribution is -2.41. The van der Waals surface area contributed by atoms with E-state index in [4.69, 9.17) is 0 Å². The van der Waals surface area contributed by atoms with E-state index in [0.717, 1.165) is 32.2 Å². The van der Waals surface area contributed by atoms with Gasteiger partial charge in [-0.05, 0) is 19.3 Å². The number of amides is 1. The van der Waals surface area contributed by atoms with E-state index in [2.05, 4.69) is 14.9 Å². The molecule has 0 radical (unpaired) electrons. The highest BCUT2D eigenvalue weighted by Crippen LogP contribution is 2.22. The third-order valence-electron chi connectivity index (χ3n) is 4.54. The van der Waals surface area contributed by atoms with Gasteiger partial charge in [-0.3, -0.25) is 4.79 Å². The zero-order valence-electron chi connectivity index (χ0n) is 11.5. The molecule has 2 aliphatic rings. The molecule has 1 aromatic heterocycles. The summed E-state index contributed by atoms with van der Waals surface area (Å²) in [4.78, 5) is 16.5. The van der Waals surface area contributed by atoms with Crippen molar-refractivity contribution in [2.45, 2.75) is 64.0 Å². The van der Waals surface area contributed by atoms with Crippen molar-refractivity contribution in [3.05, 3.63) is 18.2 Å². The molecule has 0 bridgehead atoms. The second kappa shape index (κ2) is 5.76. The summed E-state index contributed by atoms with van der Waals surface area (Å²) < 4.78 is 2.16. The van der Waals surface area contributed by atoms with E-state index in [0.29, 0.717) is 6.04 Å². The Labute approximate surface area is 114 Å². The molecule has 1 fully saturated rings. The summed E-state index contributed by atoms with van der Waals surface area (Å²) >= 11 is 0. The van der Waals surface area contributed by atoms with Gasteiger partial charge in [0.1, 0.15) is 0 Å². The Bertz CT molecular complexity index is 432. The molecule has 0 aromatic carbocycles. The van der Waals surface area contributed by atoms with Crippen molar-refractivity contribution in [3.8, 4) is 0 Å². The van der Waals surface area contributed by atoms with Crippen LogP contribution in [0.5, 0.6) is 0 Å². The van der Waals surface area contributed by atoms with Crippen LogP contribution in [0.25, 0.3) is 0 Å². The molecule has 1 atom stereocenters. The van der Waals surface area contributed by atoms with Crippen LogP contribution in [0.1, 0.15) is 50.6 Å². The van der Waals surface area contributed by atoms with Crippen LogP contribution < -0.4 is 5.32 Å². The van der Waals surface area contributed by atoms with E-state index in [1.807, 2.05) is 12.5 Å². The number of imidazole rings is 1. The van der Waals surface area contributed by atoms with Gasteiger partial charge in [-0.2, -0.15) is 0 Å². The van der Waals surface area contributed by atoms with Crippen LogP contribution in [0.3, 0.4) is 0 Å². The Morgan fingerprint density at radius 3 is 2.79 bits per heavy atom. The minimum Gasteiger partial charge on any atom is -0.353 e. The van der Waals surface area contributed by atoms with Gasteiger partial charge in [0.05, 0.1) is 6.33 Å². The Morgan fingerprint density at radius 2 is 2.00 bits per heavy atom. The Morgan fingerprint density at radius 1 is 1.21 bits per heavy atom. The van der Waals surface area contributed by atoms with E-state index in [1.54, 1.807) is 0 Å². The summed E-state index contributed by atoms with van der Waals surface area (Å²) in [7, 11) is 0. The van der Waals surface area contributed by atoms with Crippen LogP contribution in [0.2, 0.25) is 0 Å². The summed E-state index contributed by atoms with van der Waals surface area (Å²) in [6, 6.07) is 0.418. The molecular weight excluding hydrogens is 238 g/mol. The average molecular weight is 261 g/mol. The monoisotopic (exact) mass is 261 g/mol. The minimum atomic E-state index is 0.146. The topological polar surface area (TPSA) is 46.9 Å². The quantitative estimate of drug-likeness (QED) is 0.830. The number of hydrogen-bond acceptors (Lipinski definition) is 2.